The van der Waals surface area contributed by atoms with E-state index in [-0.39, 0.29) is 0 Å². The second-order valence-electron chi connectivity index (χ2n) is 5.60. The van der Waals surface area contributed by atoms with E-state index in [1.807, 2.05) is 29.8 Å². The van der Waals surface area contributed by atoms with Crippen LogP contribution in [-0.4, -0.2) is 28.0 Å². The minimum absolute atomic E-state index is 0.582. The molecular formula is C17H17N3S. The normalized spacial score (nSPS) is 19.3. The molecule has 1 atom stereocenters. The lowest BCUT2D eigenvalue weighted by Gasteiger charge is -2.15. The molecule has 0 radical (unpaired) electrons. The van der Waals surface area contributed by atoms with Gasteiger partial charge in [-0.15, -0.1) is 11.3 Å². The Labute approximate surface area is 128 Å². The quantitative estimate of drug-likeness (QED) is 0.738. The smallest absolute Gasteiger partial charge is 0.0982 e. The Morgan fingerprint density at radius 3 is 3.00 bits per heavy atom. The largest absolute Gasteiger partial charge is 0.298 e. The summed E-state index contributed by atoms with van der Waals surface area (Å²) in [6, 6.07) is 12.6. The van der Waals surface area contributed by atoms with Crippen LogP contribution in [0.25, 0.3) is 10.2 Å². The van der Waals surface area contributed by atoms with Gasteiger partial charge in [0.25, 0.3) is 0 Å². The van der Waals surface area contributed by atoms with Gasteiger partial charge >= 0.3 is 0 Å². The molecule has 2 aromatic heterocycles. The minimum atomic E-state index is 0.582. The lowest BCUT2D eigenvalue weighted by Crippen LogP contribution is -2.19. The lowest BCUT2D eigenvalue weighted by molar-refractivity contribution is 0.326. The lowest BCUT2D eigenvalue weighted by atomic mass is 10.1. The predicted molar refractivity (Wildman–Crippen MR) is 86.5 cm³/mol. The first-order chi connectivity index (χ1) is 10.4. The van der Waals surface area contributed by atoms with E-state index in [2.05, 4.69) is 40.2 Å². The standard InChI is InChI=1S/C17H17N3S/c1-2-6-16-15(5-1)19-17(21-16)14-7-9-20(12-14)11-13-4-3-8-18-10-13/h1-6,8,10,14H,7,9,11-12H2. The first kappa shape index (κ1) is 12.9. The molecule has 0 saturated carbocycles. The molecule has 0 aliphatic carbocycles. The molecule has 1 aromatic carbocycles. The highest BCUT2D eigenvalue weighted by Crippen LogP contribution is 2.33. The number of thiazole rings is 1. The summed E-state index contributed by atoms with van der Waals surface area (Å²) in [5.74, 6) is 0.582. The van der Waals surface area contributed by atoms with Crippen molar-refractivity contribution in [2.45, 2.75) is 18.9 Å². The van der Waals surface area contributed by atoms with E-state index in [0.29, 0.717) is 5.92 Å². The van der Waals surface area contributed by atoms with Crippen molar-refractivity contribution >= 4 is 21.6 Å². The number of fused-ring (bicyclic) bond motifs is 1. The van der Waals surface area contributed by atoms with Crippen molar-refractivity contribution in [1.29, 1.82) is 0 Å². The van der Waals surface area contributed by atoms with Crippen molar-refractivity contribution in [2.24, 2.45) is 0 Å². The topological polar surface area (TPSA) is 29.0 Å². The van der Waals surface area contributed by atoms with Crippen molar-refractivity contribution in [3.63, 3.8) is 0 Å². The predicted octanol–water partition coefficient (Wildman–Crippen LogP) is 3.68. The van der Waals surface area contributed by atoms with Crippen LogP contribution >= 0.6 is 11.3 Å². The number of aromatic nitrogens is 2. The van der Waals surface area contributed by atoms with Crippen LogP contribution in [-0.2, 0) is 6.54 Å². The second-order valence-corrected chi connectivity index (χ2v) is 6.66. The Kier molecular flexibility index (Phi) is 3.41. The van der Waals surface area contributed by atoms with E-state index < -0.39 is 0 Å². The van der Waals surface area contributed by atoms with Gasteiger partial charge in [-0.25, -0.2) is 4.98 Å². The number of likely N-dealkylation sites (tertiary alicyclic amines) is 1. The Morgan fingerprint density at radius 2 is 2.14 bits per heavy atom. The number of benzene rings is 1. The molecule has 3 aromatic rings. The first-order valence-corrected chi connectivity index (χ1v) is 8.17. The van der Waals surface area contributed by atoms with E-state index in [9.17, 15) is 0 Å². The van der Waals surface area contributed by atoms with E-state index in [4.69, 9.17) is 4.98 Å². The maximum Gasteiger partial charge on any atom is 0.0982 e. The molecule has 0 amide bonds. The molecule has 1 unspecified atom stereocenters. The summed E-state index contributed by atoms with van der Waals surface area (Å²) in [6.07, 6.45) is 5.00. The summed E-state index contributed by atoms with van der Waals surface area (Å²) in [4.78, 5) is 11.5. The fourth-order valence-corrected chi connectivity index (χ4v) is 4.09. The van der Waals surface area contributed by atoms with Crippen LogP contribution < -0.4 is 0 Å². The van der Waals surface area contributed by atoms with Crippen LogP contribution in [0.3, 0.4) is 0 Å². The van der Waals surface area contributed by atoms with Gasteiger partial charge in [0.15, 0.2) is 0 Å². The molecule has 1 saturated heterocycles. The van der Waals surface area contributed by atoms with Gasteiger partial charge in [0.1, 0.15) is 0 Å². The zero-order chi connectivity index (χ0) is 14.1. The Balaban J connectivity index is 1.48. The SMILES string of the molecule is c1cncc(CN2CCC(c3nc4ccccc4s3)C2)c1. The van der Waals surface area contributed by atoms with Crippen molar-refractivity contribution in [3.05, 3.63) is 59.4 Å². The maximum absolute atomic E-state index is 4.82. The number of nitrogens with zero attached hydrogens (tertiary/aromatic N) is 3. The number of pyridine rings is 1. The molecule has 21 heavy (non-hydrogen) atoms. The van der Waals surface area contributed by atoms with Crippen molar-refractivity contribution in [3.8, 4) is 0 Å². The summed E-state index contributed by atoms with van der Waals surface area (Å²) >= 11 is 1.85. The van der Waals surface area contributed by atoms with Crippen LogP contribution in [0.4, 0.5) is 0 Å². The molecule has 0 bridgehead atoms. The summed E-state index contributed by atoms with van der Waals surface area (Å²) in [5, 5.41) is 1.30. The van der Waals surface area contributed by atoms with Gasteiger partial charge in [0.05, 0.1) is 15.2 Å². The van der Waals surface area contributed by atoms with Crippen LogP contribution in [0.15, 0.2) is 48.8 Å². The molecule has 0 spiro atoms. The number of hydrogen-bond donors (Lipinski definition) is 0. The zero-order valence-corrected chi connectivity index (χ0v) is 12.6. The van der Waals surface area contributed by atoms with Crippen LogP contribution in [0, 0.1) is 0 Å². The molecule has 4 rings (SSSR count). The fourth-order valence-electron chi connectivity index (χ4n) is 2.99. The van der Waals surface area contributed by atoms with Gasteiger partial charge in [-0.3, -0.25) is 9.88 Å². The Hall–Kier alpha value is -1.78. The number of hydrogen-bond acceptors (Lipinski definition) is 4. The maximum atomic E-state index is 4.82. The third-order valence-corrected chi connectivity index (χ3v) is 5.26. The molecule has 4 heteroatoms. The van der Waals surface area contributed by atoms with E-state index in [1.165, 1.54) is 21.7 Å². The van der Waals surface area contributed by atoms with E-state index >= 15 is 0 Å². The molecule has 3 nitrogen and oxygen atoms in total. The molecular weight excluding hydrogens is 278 g/mol. The van der Waals surface area contributed by atoms with Crippen molar-refractivity contribution in [1.82, 2.24) is 14.9 Å². The summed E-state index contributed by atoms with van der Waals surface area (Å²) in [7, 11) is 0. The highest BCUT2D eigenvalue weighted by molar-refractivity contribution is 7.18. The molecule has 1 aliphatic heterocycles. The van der Waals surface area contributed by atoms with Gasteiger partial charge in [-0.05, 0) is 36.7 Å². The second kappa shape index (κ2) is 5.54. The zero-order valence-electron chi connectivity index (χ0n) is 11.8. The first-order valence-electron chi connectivity index (χ1n) is 7.35. The summed E-state index contributed by atoms with van der Waals surface area (Å²) in [5.41, 5.74) is 2.44. The number of rotatable bonds is 3. The third kappa shape index (κ3) is 2.69. The molecule has 3 heterocycles. The van der Waals surface area contributed by atoms with E-state index in [0.717, 1.165) is 25.2 Å². The average molecular weight is 295 g/mol. The Morgan fingerprint density at radius 1 is 1.19 bits per heavy atom. The highest BCUT2D eigenvalue weighted by atomic mass is 32.1. The van der Waals surface area contributed by atoms with Crippen LogP contribution in [0.5, 0.6) is 0 Å². The highest BCUT2D eigenvalue weighted by Gasteiger charge is 2.26. The van der Waals surface area contributed by atoms with Gasteiger partial charge in [-0.1, -0.05) is 18.2 Å². The average Bonchev–Trinajstić information content (AvgIpc) is 3.14. The molecule has 1 fully saturated rings. The van der Waals surface area contributed by atoms with Gasteiger partial charge in [0.2, 0.25) is 0 Å². The molecule has 1 aliphatic rings. The molecule has 106 valence electrons. The third-order valence-electron chi connectivity index (χ3n) is 4.06. The van der Waals surface area contributed by atoms with Crippen molar-refractivity contribution in [2.75, 3.05) is 13.1 Å². The van der Waals surface area contributed by atoms with Gasteiger partial charge in [-0.2, -0.15) is 0 Å². The summed E-state index contributed by atoms with van der Waals surface area (Å²) < 4.78 is 1.30. The number of para-hydroxylation sites is 1. The monoisotopic (exact) mass is 295 g/mol. The van der Waals surface area contributed by atoms with Gasteiger partial charge < -0.3 is 0 Å². The summed E-state index contributed by atoms with van der Waals surface area (Å²) in [6.45, 7) is 3.25. The minimum Gasteiger partial charge on any atom is -0.298 e. The Bertz CT molecular complexity index is 705. The van der Waals surface area contributed by atoms with Crippen molar-refractivity contribution < 1.29 is 0 Å². The molecule has 0 N–H and O–H groups in total. The van der Waals surface area contributed by atoms with E-state index in [1.54, 1.807) is 0 Å². The van der Waals surface area contributed by atoms with Crippen LogP contribution in [0.1, 0.15) is 22.9 Å². The van der Waals surface area contributed by atoms with Crippen LogP contribution in [0.2, 0.25) is 0 Å². The van der Waals surface area contributed by atoms with Gasteiger partial charge in [0, 0.05) is 31.4 Å². The fraction of sp³-hybridized carbons (Fsp3) is 0.294.